The van der Waals surface area contributed by atoms with Crippen LogP contribution in [0.2, 0.25) is 0 Å². The predicted octanol–water partition coefficient (Wildman–Crippen LogP) is 2.90. The van der Waals surface area contributed by atoms with Crippen LogP contribution in [0.25, 0.3) is 0 Å². The number of ether oxygens (including phenoxy) is 1. The summed E-state index contributed by atoms with van der Waals surface area (Å²) in [4.78, 5) is 14.3. The molecule has 1 atom stereocenters. The van der Waals surface area contributed by atoms with Gasteiger partial charge in [-0.1, -0.05) is 30.3 Å². The molecule has 2 rings (SSSR count). The Balaban J connectivity index is 1.84. The van der Waals surface area contributed by atoms with E-state index in [0.29, 0.717) is 24.4 Å². The minimum absolute atomic E-state index is 0.153. The van der Waals surface area contributed by atoms with Crippen molar-refractivity contribution < 1.29 is 9.53 Å². The number of hydrogen-bond donors (Lipinski definition) is 1. The largest absolute Gasteiger partial charge is 0.492 e. The first-order valence-corrected chi connectivity index (χ1v) is 7.80. The fourth-order valence-corrected chi connectivity index (χ4v) is 2.14. The number of amides is 1. The number of carbonyl (C=O) groups excluding carboxylic acids is 1. The smallest absolute Gasteiger partial charge is 0.241 e. The van der Waals surface area contributed by atoms with Crippen molar-refractivity contribution in [3.63, 3.8) is 0 Å². The van der Waals surface area contributed by atoms with E-state index >= 15 is 0 Å². The quantitative estimate of drug-likeness (QED) is 0.851. The number of para-hydroxylation sites is 2. The van der Waals surface area contributed by atoms with Crippen LogP contribution < -0.4 is 10.1 Å². The highest BCUT2D eigenvalue weighted by molar-refractivity contribution is 5.95. The molecule has 5 nitrogen and oxygen atoms in total. The van der Waals surface area contributed by atoms with Crippen LogP contribution in [0.3, 0.4) is 0 Å². The number of hydrogen-bond acceptors (Lipinski definition) is 4. The average molecular weight is 323 g/mol. The second-order valence-electron chi connectivity index (χ2n) is 5.46. The predicted molar refractivity (Wildman–Crippen MR) is 93.8 cm³/mol. The first-order valence-electron chi connectivity index (χ1n) is 7.80. The van der Waals surface area contributed by atoms with Gasteiger partial charge in [0.2, 0.25) is 5.91 Å². The Morgan fingerprint density at radius 1 is 1.21 bits per heavy atom. The Morgan fingerprint density at radius 2 is 1.88 bits per heavy atom. The van der Waals surface area contributed by atoms with Crippen molar-refractivity contribution in [3.8, 4) is 11.8 Å². The second kappa shape index (κ2) is 8.70. The van der Waals surface area contributed by atoms with E-state index in [1.165, 1.54) is 0 Å². The van der Waals surface area contributed by atoms with E-state index in [-0.39, 0.29) is 11.9 Å². The van der Waals surface area contributed by atoms with Crippen LogP contribution in [0.4, 0.5) is 5.69 Å². The van der Waals surface area contributed by atoms with E-state index < -0.39 is 0 Å². The summed E-state index contributed by atoms with van der Waals surface area (Å²) in [6.45, 7) is 2.93. The third-order valence-electron chi connectivity index (χ3n) is 3.80. The van der Waals surface area contributed by atoms with Gasteiger partial charge < -0.3 is 10.1 Å². The number of anilines is 1. The Labute approximate surface area is 142 Å². The number of rotatable bonds is 7. The molecule has 0 aliphatic rings. The average Bonchev–Trinajstić information content (AvgIpc) is 2.62. The number of carbonyl (C=O) groups is 1. The van der Waals surface area contributed by atoms with Gasteiger partial charge in [0.05, 0.1) is 17.3 Å². The molecule has 0 radical (unpaired) electrons. The highest BCUT2D eigenvalue weighted by Gasteiger charge is 2.18. The van der Waals surface area contributed by atoms with Gasteiger partial charge in [-0.15, -0.1) is 0 Å². The van der Waals surface area contributed by atoms with Gasteiger partial charge in [0, 0.05) is 6.54 Å². The minimum Gasteiger partial charge on any atom is -0.492 e. The lowest BCUT2D eigenvalue weighted by molar-refractivity contribution is -0.120. The molecule has 1 unspecified atom stereocenters. The zero-order valence-corrected chi connectivity index (χ0v) is 13.9. The maximum Gasteiger partial charge on any atom is 0.241 e. The third kappa shape index (κ3) is 4.83. The molecule has 0 bridgehead atoms. The van der Waals surface area contributed by atoms with Crippen molar-refractivity contribution in [3.05, 3.63) is 60.2 Å². The van der Waals surface area contributed by atoms with E-state index in [1.807, 2.05) is 49.2 Å². The second-order valence-corrected chi connectivity index (χ2v) is 5.46. The molecule has 0 aliphatic heterocycles. The number of nitriles is 1. The van der Waals surface area contributed by atoms with E-state index in [0.717, 1.165) is 5.75 Å². The Kier molecular flexibility index (Phi) is 6.35. The van der Waals surface area contributed by atoms with Gasteiger partial charge in [-0.25, -0.2) is 0 Å². The van der Waals surface area contributed by atoms with Crippen molar-refractivity contribution in [2.24, 2.45) is 0 Å². The SMILES string of the molecule is CC(C(=O)Nc1ccccc1C#N)N(C)CCOc1ccccc1. The minimum atomic E-state index is -0.337. The summed E-state index contributed by atoms with van der Waals surface area (Å²) in [6.07, 6.45) is 0. The molecule has 1 N–H and O–H groups in total. The molecule has 24 heavy (non-hydrogen) atoms. The number of likely N-dealkylation sites (N-methyl/N-ethyl adjacent to an activating group) is 1. The Morgan fingerprint density at radius 3 is 2.58 bits per heavy atom. The van der Waals surface area contributed by atoms with Gasteiger partial charge in [0.1, 0.15) is 18.4 Å². The summed E-state index contributed by atoms with van der Waals surface area (Å²) in [6, 6.07) is 18.3. The van der Waals surface area contributed by atoms with Crippen molar-refractivity contribution >= 4 is 11.6 Å². The third-order valence-corrected chi connectivity index (χ3v) is 3.80. The van der Waals surface area contributed by atoms with E-state index in [1.54, 1.807) is 24.3 Å². The monoisotopic (exact) mass is 323 g/mol. The lowest BCUT2D eigenvalue weighted by Crippen LogP contribution is -2.41. The Hall–Kier alpha value is -2.84. The number of nitrogens with one attached hydrogen (secondary N) is 1. The van der Waals surface area contributed by atoms with Crippen LogP contribution in [0.5, 0.6) is 5.75 Å². The molecule has 0 heterocycles. The van der Waals surface area contributed by atoms with Crippen LogP contribution in [0.15, 0.2) is 54.6 Å². The lowest BCUT2D eigenvalue weighted by atomic mass is 10.2. The van der Waals surface area contributed by atoms with Gasteiger partial charge in [-0.3, -0.25) is 9.69 Å². The van der Waals surface area contributed by atoms with Crippen molar-refractivity contribution in [1.29, 1.82) is 5.26 Å². The van der Waals surface area contributed by atoms with Gasteiger partial charge in [0.25, 0.3) is 0 Å². The van der Waals surface area contributed by atoms with Crippen LogP contribution in [0, 0.1) is 11.3 Å². The topological polar surface area (TPSA) is 65.4 Å². The van der Waals surface area contributed by atoms with E-state index in [9.17, 15) is 4.79 Å². The standard InChI is InChI=1S/C19H21N3O2/c1-15(19(23)21-18-11-7-6-8-16(18)14-20)22(2)12-13-24-17-9-4-3-5-10-17/h3-11,15H,12-13H2,1-2H3,(H,21,23). The maximum absolute atomic E-state index is 12.4. The van der Waals surface area contributed by atoms with Crippen LogP contribution in [0.1, 0.15) is 12.5 Å². The zero-order chi connectivity index (χ0) is 17.4. The summed E-state index contributed by atoms with van der Waals surface area (Å²) in [5.74, 6) is 0.658. The molecule has 0 saturated carbocycles. The van der Waals surface area contributed by atoms with Crippen molar-refractivity contribution in [2.75, 3.05) is 25.5 Å². The number of nitrogens with zero attached hydrogens (tertiary/aromatic N) is 2. The molecule has 0 aliphatic carbocycles. The molecule has 0 fully saturated rings. The molecule has 2 aromatic rings. The highest BCUT2D eigenvalue weighted by atomic mass is 16.5. The van der Waals surface area contributed by atoms with E-state index in [4.69, 9.17) is 10.00 Å². The molecule has 0 spiro atoms. The van der Waals surface area contributed by atoms with Crippen molar-refractivity contribution in [2.45, 2.75) is 13.0 Å². The van der Waals surface area contributed by atoms with Crippen LogP contribution >= 0.6 is 0 Å². The summed E-state index contributed by atoms with van der Waals surface area (Å²) in [7, 11) is 1.87. The van der Waals surface area contributed by atoms with Gasteiger partial charge >= 0.3 is 0 Å². The summed E-state index contributed by atoms with van der Waals surface area (Å²) < 4.78 is 5.64. The molecule has 2 aromatic carbocycles. The van der Waals surface area contributed by atoms with Crippen LogP contribution in [-0.2, 0) is 4.79 Å². The summed E-state index contributed by atoms with van der Waals surface area (Å²) >= 11 is 0. The normalized spacial score (nSPS) is 11.6. The fraction of sp³-hybridized carbons (Fsp3) is 0.263. The summed E-state index contributed by atoms with van der Waals surface area (Å²) in [5, 5.41) is 11.9. The number of benzene rings is 2. The van der Waals surface area contributed by atoms with E-state index in [2.05, 4.69) is 11.4 Å². The zero-order valence-electron chi connectivity index (χ0n) is 13.9. The first kappa shape index (κ1) is 17.5. The molecule has 124 valence electrons. The molecule has 1 amide bonds. The highest BCUT2D eigenvalue weighted by Crippen LogP contribution is 2.14. The van der Waals surface area contributed by atoms with Crippen LogP contribution in [-0.4, -0.2) is 37.0 Å². The molecular weight excluding hydrogens is 302 g/mol. The fourth-order valence-electron chi connectivity index (χ4n) is 2.14. The van der Waals surface area contributed by atoms with Gasteiger partial charge in [0.15, 0.2) is 0 Å². The lowest BCUT2D eigenvalue weighted by Gasteiger charge is -2.24. The Bertz CT molecular complexity index is 710. The maximum atomic E-state index is 12.4. The molecule has 0 aromatic heterocycles. The molecular formula is C19H21N3O2. The first-order chi connectivity index (χ1) is 11.6. The van der Waals surface area contributed by atoms with Crippen molar-refractivity contribution in [1.82, 2.24) is 4.90 Å². The molecule has 5 heteroatoms. The van der Waals surface area contributed by atoms with Gasteiger partial charge in [-0.2, -0.15) is 5.26 Å². The summed E-state index contributed by atoms with van der Waals surface area (Å²) in [5.41, 5.74) is 0.985. The van der Waals surface area contributed by atoms with Gasteiger partial charge in [-0.05, 0) is 38.2 Å². The molecule has 0 saturated heterocycles.